The Hall–Kier alpha value is -2.84. The lowest BCUT2D eigenvalue weighted by molar-refractivity contribution is 0.0998. The molecule has 1 aliphatic heterocycles. The van der Waals surface area contributed by atoms with Crippen molar-refractivity contribution in [2.45, 2.75) is 4.90 Å². The van der Waals surface area contributed by atoms with Gasteiger partial charge in [0.15, 0.2) is 11.5 Å². The number of fused-ring (bicyclic) bond motifs is 1. The first-order valence-corrected chi connectivity index (χ1v) is 9.20. The Balaban J connectivity index is 2.20. The maximum absolute atomic E-state index is 12.9. The largest absolute Gasteiger partial charge is 0.504 e. The standard InChI is InChI=1S/C18H17NO6S/c1-25-16-11-12(6-7-15(16)21)10-14-18(22)13-4-2-3-5-17(13)26(23,24)19(14)8-9-20/h2-7,10-11,20-21H,8-9H2,1H3/b14-10+. The van der Waals surface area contributed by atoms with Crippen molar-refractivity contribution in [3.63, 3.8) is 0 Å². The first-order valence-electron chi connectivity index (χ1n) is 7.76. The van der Waals surface area contributed by atoms with Gasteiger partial charge in [-0.15, -0.1) is 0 Å². The summed E-state index contributed by atoms with van der Waals surface area (Å²) in [6, 6.07) is 10.4. The molecule has 0 amide bonds. The average molecular weight is 375 g/mol. The smallest absolute Gasteiger partial charge is 0.265 e. The third kappa shape index (κ3) is 2.93. The minimum atomic E-state index is -3.97. The number of aliphatic hydroxyl groups excluding tert-OH is 1. The number of aromatic hydroxyl groups is 1. The molecule has 0 unspecified atom stereocenters. The van der Waals surface area contributed by atoms with E-state index in [1.807, 2.05) is 0 Å². The van der Waals surface area contributed by atoms with E-state index in [0.717, 1.165) is 4.31 Å². The molecule has 0 aromatic heterocycles. The number of phenolic OH excluding ortho intramolecular Hbond substituents is 1. The SMILES string of the molecule is COc1cc(/C=C2\C(=O)c3ccccc3S(=O)(=O)N2CCO)ccc1O. The zero-order chi connectivity index (χ0) is 18.9. The van der Waals surface area contributed by atoms with Crippen LogP contribution in [0.3, 0.4) is 0 Å². The van der Waals surface area contributed by atoms with Gasteiger partial charge in [0.25, 0.3) is 10.0 Å². The van der Waals surface area contributed by atoms with Crippen LogP contribution in [0.1, 0.15) is 15.9 Å². The van der Waals surface area contributed by atoms with Crippen molar-refractivity contribution in [3.05, 3.63) is 59.3 Å². The van der Waals surface area contributed by atoms with Crippen LogP contribution in [0.2, 0.25) is 0 Å². The van der Waals surface area contributed by atoms with Crippen LogP contribution in [0.5, 0.6) is 11.5 Å². The molecule has 0 saturated carbocycles. The summed E-state index contributed by atoms with van der Waals surface area (Å²) in [6.45, 7) is -0.686. The van der Waals surface area contributed by atoms with Crippen LogP contribution in [0.4, 0.5) is 0 Å². The predicted molar refractivity (Wildman–Crippen MR) is 94.4 cm³/mol. The fourth-order valence-corrected chi connectivity index (χ4v) is 4.43. The topological polar surface area (TPSA) is 104 Å². The molecular formula is C18H17NO6S. The Morgan fingerprint density at radius 2 is 1.92 bits per heavy atom. The number of phenols is 1. The van der Waals surface area contributed by atoms with Crippen molar-refractivity contribution in [2.75, 3.05) is 20.3 Å². The quantitative estimate of drug-likeness (QED) is 0.787. The molecule has 2 aromatic rings. The highest BCUT2D eigenvalue weighted by Crippen LogP contribution is 2.34. The van der Waals surface area contributed by atoms with Crippen molar-refractivity contribution in [2.24, 2.45) is 0 Å². The van der Waals surface area contributed by atoms with Gasteiger partial charge in [0.2, 0.25) is 5.78 Å². The number of sulfonamides is 1. The number of allylic oxidation sites excluding steroid dienone is 1. The van der Waals surface area contributed by atoms with Gasteiger partial charge < -0.3 is 14.9 Å². The molecule has 3 rings (SSSR count). The number of benzene rings is 2. The summed E-state index contributed by atoms with van der Waals surface area (Å²) in [7, 11) is -2.58. The summed E-state index contributed by atoms with van der Waals surface area (Å²) in [6.07, 6.45) is 1.40. The second-order valence-corrected chi connectivity index (χ2v) is 7.42. The van der Waals surface area contributed by atoms with Gasteiger partial charge in [0.1, 0.15) is 5.70 Å². The third-order valence-corrected chi connectivity index (χ3v) is 5.88. The Bertz CT molecular complexity index is 996. The van der Waals surface area contributed by atoms with Crippen molar-refractivity contribution in [1.29, 1.82) is 0 Å². The van der Waals surface area contributed by atoms with Crippen molar-refractivity contribution in [3.8, 4) is 11.5 Å². The fraction of sp³-hybridized carbons (Fsp3) is 0.167. The van der Waals surface area contributed by atoms with Gasteiger partial charge in [-0.2, -0.15) is 0 Å². The monoisotopic (exact) mass is 375 g/mol. The first-order chi connectivity index (χ1) is 12.4. The number of ketones is 1. The normalized spacial score (nSPS) is 17.2. The van der Waals surface area contributed by atoms with Gasteiger partial charge in [-0.1, -0.05) is 18.2 Å². The Labute approximate surface area is 150 Å². The molecular weight excluding hydrogens is 358 g/mol. The van der Waals surface area contributed by atoms with E-state index in [2.05, 4.69) is 0 Å². The van der Waals surface area contributed by atoms with Gasteiger partial charge in [0.05, 0.1) is 25.2 Å². The highest BCUT2D eigenvalue weighted by atomic mass is 32.2. The average Bonchev–Trinajstić information content (AvgIpc) is 2.64. The van der Waals surface area contributed by atoms with Gasteiger partial charge in [-0.3, -0.25) is 9.10 Å². The molecule has 8 heteroatoms. The molecule has 0 atom stereocenters. The summed E-state index contributed by atoms with van der Waals surface area (Å²) in [5.74, 6) is -0.342. The number of aliphatic hydroxyl groups is 1. The summed E-state index contributed by atoms with van der Waals surface area (Å²) in [5.41, 5.74) is 0.477. The molecule has 1 heterocycles. The van der Waals surface area contributed by atoms with E-state index in [0.29, 0.717) is 5.56 Å². The van der Waals surface area contributed by atoms with E-state index in [1.54, 1.807) is 12.1 Å². The lowest BCUT2D eigenvalue weighted by Gasteiger charge is -2.30. The number of ether oxygens (including phenoxy) is 1. The lowest BCUT2D eigenvalue weighted by atomic mass is 10.0. The zero-order valence-corrected chi connectivity index (χ0v) is 14.7. The van der Waals surface area contributed by atoms with Crippen LogP contribution < -0.4 is 4.74 Å². The van der Waals surface area contributed by atoms with Crippen molar-refractivity contribution >= 4 is 21.9 Å². The summed E-state index contributed by atoms with van der Waals surface area (Å²) in [5, 5.41) is 19.0. The highest BCUT2D eigenvalue weighted by molar-refractivity contribution is 7.89. The van der Waals surface area contributed by atoms with Crippen LogP contribution in [-0.4, -0.2) is 49.0 Å². The van der Waals surface area contributed by atoms with E-state index in [-0.39, 0.29) is 34.2 Å². The molecule has 2 aromatic carbocycles. The van der Waals surface area contributed by atoms with E-state index in [4.69, 9.17) is 4.74 Å². The van der Waals surface area contributed by atoms with Crippen LogP contribution in [-0.2, 0) is 10.0 Å². The van der Waals surface area contributed by atoms with E-state index >= 15 is 0 Å². The number of nitrogens with zero attached hydrogens (tertiary/aromatic N) is 1. The Morgan fingerprint density at radius 1 is 1.19 bits per heavy atom. The number of methoxy groups -OCH3 is 1. The Morgan fingerprint density at radius 3 is 2.62 bits per heavy atom. The number of hydrogen-bond donors (Lipinski definition) is 2. The maximum atomic E-state index is 12.9. The van der Waals surface area contributed by atoms with Crippen LogP contribution in [0.25, 0.3) is 6.08 Å². The van der Waals surface area contributed by atoms with Gasteiger partial charge in [-0.25, -0.2) is 8.42 Å². The molecule has 0 spiro atoms. The van der Waals surface area contributed by atoms with Crippen molar-refractivity contribution in [1.82, 2.24) is 4.31 Å². The number of carbonyl (C=O) groups is 1. The minimum Gasteiger partial charge on any atom is -0.504 e. The van der Waals surface area contributed by atoms with Crippen LogP contribution in [0.15, 0.2) is 53.1 Å². The summed E-state index contributed by atoms with van der Waals surface area (Å²) in [4.78, 5) is 12.8. The molecule has 0 saturated heterocycles. The van der Waals surface area contributed by atoms with Gasteiger partial charge in [-0.05, 0) is 35.9 Å². The number of carbonyl (C=O) groups excluding carboxylic acids is 1. The number of rotatable bonds is 4. The van der Waals surface area contributed by atoms with Crippen molar-refractivity contribution < 1.29 is 28.2 Å². The summed E-state index contributed by atoms with van der Waals surface area (Å²) < 4.78 is 31.7. The zero-order valence-electron chi connectivity index (χ0n) is 13.9. The molecule has 0 bridgehead atoms. The Kier molecular flexibility index (Phi) is 4.71. The lowest BCUT2D eigenvalue weighted by Crippen LogP contribution is -2.40. The predicted octanol–water partition coefficient (Wildman–Crippen LogP) is 1.62. The van der Waals surface area contributed by atoms with Gasteiger partial charge >= 0.3 is 0 Å². The minimum absolute atomic E-state index is 0.0743. The number of Topliss-reactive ketones (excluding diaryl/α,β-unsaturated/α-hetero) is 1. The number of β-amino-alcohol motifs (C(OH)–C–C–N with tert-alkyl or cyclic N) is 1. The second-order valence-electron chi connectivity index (χ2n) is 5.59. The first kappa shape index (κ1) is 18.0. The van der Waals surface area contributed by atoms with Gasteiger partial charge in [0, 0.05) is 5.56 Å². The van der Waals surface area contributed by atoms with E-state index < -0.39 is 22.4 Å². The van der Waals surface area contributed by atoms with E-state index in [1.165, 1.54) is 43.5 Å². The maximum Gasteiger partial charge on any atom is 0.265 e. The van der Waals surface area contributed by atoms with Crippen LogP contribution >= 0.6 is 0 Å². The molecule has 0 radical (unpaired) electrons. The molecule has 0 fully saturated rings. The molecule has 0 aliphatic carbocycles. The molecule has 7 nitrogen and oxygen atoms in total. The van der Waals surface area contributed by atoms with Crippen LogP contribution in [0, 0.1) is 0 Å². The summed E-state index contributed by atoms with van der Waals surface area (Å²) >= 11 is 0. The molecule has 1 aliphatic rings. The second kappa shape index (κ2) is 6.81. The van der Waals surface area contributed by atoms with E-state index in [9.17, 15) is 23.4 Å². The molecule has 26 heavy (non-hydrogen) atoms. The third-order valence-electron chi connectivity index (χ3n) is 4.01. The highest BCUT2D eigenvalue weighted by Gasteiger charge is 2.38. The number of hydrogen-bond acceptors (Lipinski definition) is 6. The molecule has 136 valence electrons. The fourth-order valence-electron chi connectivity index (χ4n) is 2.79. The molecule has 2 N–H and O–H groups in total.